The van der Waals surface area contributed by atoms with Crippen LogP contribution in [0.25, 0.3) is 0 Å². The van der Waals surface area contributed by atoms with E-state index in [4.69, 9.17) is 9.84 Å². The van der Waals surface area contributed by atoms with Gasteiger partial charge in [0, 0.05) is 5.57 Å². The van der Waals surface area contributed by atoms with Crippen molar-refractivity contribution in [3.63, 3.8) is 0 Å². The van der Waals surface area contributed by atoms with Gasteiger partial charge >= 0.3 is 18.0 Å². The molecule has 0 saturated heterocycles. The van der Waals surface area contributed by atoms with Crippen LogP contribution >= 0.6 is 0 Å². The van der Waals surface area contributed by atoms with Crippen molar-refractivity contribution in [3.8, 4) is 0 Å². The molecule has 1 amide bonds. The number of carbonyl (C=O) groups is 3. The number of ether oxygens (including phenoxy) is 2. The van der Waals surface area contributed by atoms with Crippen molar-refractivity contribution < 1.29 is 29.0 Å². The molecule has 1 aliphatic rings. The molecule has 0 saturated carbocycles. The van der Waals surface area contributed by atoms with Crippen molar-refractivity contribution in [2.75, 3.05) is 7.11 Å². The Morgan fingerprint density at radius 1 is 1.35 bits per heavy atom. The van der Waals surface area contributed by atoms with Gasteiger partial charge in [-0.05, 0) is 27.2 Å². The van der Waals surface area contributed by atoms with Crippen molar-refractivity contribution in [2.45, 2.75) is 38.8 Å². The number of hydrogen-bond donors (Lipinski definition) is 2. The van der Waals surface area contributed by atoms with Crippen LogP contribution in [0.15, 0.2) is 11.6 Å². The van der Waals surface area contributed by atoms with Crippen molar-refractivity contribution in [1.82, 2.24) is 5.32 Å². The van der Waals surface area contributed by atoms with Gasteiger partial charge in [-0.2, -0.15) is 0 Å². The molecule has 0 heterocycles. The molecule has 0 aromatic heterocycles. The Bertz CT molecular complexity index is 448. The van der Waals surface area contributed by atoms with Gasteiger partial charge in [-0.1, -0.05) is 6.08 Å². The number of methoxy groups -OCH3 is 1. The molecule has 20 heavy (non-hydrogen) atoms. The van der Waals surface area contributed by atoms with Crippen LogP contribution in [0.1, 0.15) is 27.2 Å². The quantitative estimate of drug-likeness (QED) is 0.752. The second-order valence-corrected chi connectivity index (χ2v) is 5.49. The molecule has 0 radical (unpaired) electrons. The average Bonchev–Trinajstić information content (AvgIpc) is 2.69. The maximum Gasteiger partial charge on any atom is 0.408 e. The van der Waals surface area contributed by atoms with E-state index in [2.05, 4.69) is 10.1 Å². The molecule has 1 aliphatic carbocycles. The SMILES string of the molecule is COC(=O)C1=C[C@H](NC(=O)OC(C)(C)C)C[C@H]1C(=O)O. The number of esters is 1. The third-order valence-electron chi connectivity index (χ3n) is 2.67. The van der Waals surface area contributed by atoms with Crippen LogP contribution < -0.4 is 5.32 Å². The molecule has 0 spiro atoms. The predicted octanol–water partition coefficient (Wildman–Crippen LogP) is 1.08. The Hall–Kier alpha value is -2.05. The van der Waals surface area contributed by atoms with Crippen molar-refractivity contribution in [3.05, 3.63) is 11.6 Å². The minimum Gasteiger partial charge on any atom is -0.481 e. The fraction of sp³-hybridized carbons (Fsp3) is 0.615. The maximum absolute atomic E-state index is 11.6. The fourth-order valence-electron chi connectivity index (χ4n) is 1.90. The van der Waals surface area contributed by atoms with Gasteiger partial charge in [0.25, 0.3) is 0 Å². The topological polar surface area (TPSA) is 102 Å². The standard InChI is InChI=1S/C13H19NO6/c1-13(2,3)20-12(18)14-7-5-8(10(15)16)9(6-7)11(17)19-4/h6-8H,5H2,1-4H3,(H,14,18)(H,15,16)/t7-,8-/m1/s1. The predicted molar refractivity (Wildman–Crippen MR) is 69.0 cm³/mol. The third kappa shape index (κ3) is 4.25. The summed E-state index contributed by atoms with van der Waals surface area (Å²) in [5, 5.41) is 11.6. The molecular formula is C13H19NO6. The number of rotatable bonds is 3. The lowest BCUT2D eigenvalue weighted by Gasteiger charge is -2.21. The molecule has 112 valence electrons. The summed E-state index contributed by atoms with van der Waals surface area (Å²) in [7, 11) is 1.18. The smallest absolute Gasteiger partial charge is 0.408 e. The maximum atomic E-state index is 11.6. The summed E-state index contributed by atoms with van der Waals surface area (Å²) in [5.74, 6) is -2.82. The summed E-state index contributed by atoms with van der Waals surface area (Å²) in [4.78, 5) is 34.2. The Kier molecular flexibility index (Phi) is 4.75. The van der Waals surface area contributed by atoms with Crippen LogP contribution in [-0.2, 0) is 19.1 Å². The lowest BCUT2D eigenvalue weighted by atomic mass is 10.0. The summed E-state index contributed by atoms with van der Waals surface area (Å²) in [5.41, 5.74) is -0.606. The summed E-state index contributed by atoms with van der Waals surface area (Å²) in [6, 6.07) is -0.569. The van der Waals surface area contributed by atoms with Crippen molar-refractivity contribution in [2.24, 2.45) is 5.92 Å². The second kappa shape index (κ2) is 5.94. The second-order valence-electron chi connectivity index (χ2n) is 5.49. The van der Waals surface area contributed by atoms with Gasteiger partial charge in [0.2, 0.25) is 0 Å². The zero-order chi connectivity index (χ0) is 15.5. The highest BCUT2D eigenvalue weighted by atomic mass is 16.6. The van der Waals surface area contributed by atoms with Crippen LogP contribution in [0.4, 0.5) is 4.79 Å². The van der Waals surface area contributed by atoms with Gasteiger partial charge in [-0.25, -0.2) is 9.59 Å². The molecule has 0 aliphatic heterocycles. The number of nitrogens with one attached hydrogen (secondary N) is 1. The summed E-state index contributed by atoms with van der Waals surface area (Å²) >= 11 is 0. The van der Waals surface area contributed by atoms with Gasteiger partial charge in [-0.15, -0.1) is 0 Å². The first-order valence-electron chi connectivity index (χ1n) is 6.16. The summed E-state index contributed by atoms with van der Waals surface area (Å²) < 4.78 is 9.61. The molecule has 0 fully saturated rings. The van der Waals surface area contributed by atoms with Gasteiger partial charge in [0.05, 0.1) is 19.1 Å². The Morgan fingerprint density at radius 3 is 2.40 bits per heavy atom. The highest BCUT2D eigenvalue weighted by Crippen LogP contribution is 2.27. The lowest BCUT2D eigenvalue weighted by molar-refractivity contribution is -0.144. The summed E-state index contributed by atoms with van der Waals surface area (Å²) in [6.45, 7) is 5.16. The number of carboxylic acid groups (broad SMARTS) is 1. The highest BCUT2D eigenvalue weighted by molar-refractivity contribution is 5.96. The minimum absolute atomic E-state index is 0.0426. The lowest BCUT2D eigenvalue weighted by Crippen LogP contribution is -2.38. The number of carboxylic acids is 1. The van der Waals surface area contributed by atoms with Crippen molar-refractivity contribution >= 4 is 18.0 Å². The van der Waals surface area contributed by atoms with E-state index < -0.39 is 35.6 Å². The Morgan fingerprint density at radius 2 is 1.95 bits per heavy atom. The van der Waals surface area contributed by atoms with E-state index in [9.17, 15) is 14.4 Å². The normalized spacial score (nSPS) is 21.9. The van der Waals surface area contributed by atoms with Gasteiger partial charge in [0.1, 0.15) is 5.60 Å². The minimum atomic E-state index is -1.13. The van der Waals surface area contributed by atoms with Crippen molar-refractivity contribution in [1.29, 1.82) is 0 Å². The molecule has 0 aromatic rings. The highest BCUT2D eigenvalue weighted by Gasteiger charge is 2.37. The number of amides is 1. The first-order chi connectivity index (χ1) is 9.14. The van der Waals surface area contributed by atoms with Crippen LogP contribution in [-0.4, -0.2) is 41.9 Å². The molecule has 1 rings (SSSR count). The molecule has 2 N–H and O–H groups in total. The molecular weight excluding hydrogens is 266 g/mol. The van der Waals surface area contributed by atoms with Gasteiger partial charge in [-0.3, -0.25) is 4.79 Å². The monoisotopic (exact) mass is 285 g/mol. The average molecular weight is 285 g/mol. The zero-order valence-corrected chi connectivity index (χ0v) is 11.9. The van der Waals surface area contributed by atoms with Crippen LogP contribution in [0, 0.1) is 5.92 Å². The number of carbonyl (C=O) groups excluding carboxylic acids is 2. The first-order valence-corrected chi connectivity index (χ1v) is 6.16. The van der Waals surface area contributed by atoms with E-state index in [0.29, 0.717) is 0 Å². The molecule has 7 nitrogen and oxygen atoms in total. The van der Waals surface area contributed by atoms with E-state index in [-0.39, 0.29) is 12.0 Å². The van der Waals surface area contributed by atoms with Crippen LogP contribution in [0.2, 0.25) is 0 Å². The molecule has 2 atom stereocenters. The third-order valence-corrected chi connectivity index (χ3v) is 2.67. The largest absolute Gasteiger partial charge is 0.481 e. The van der Waals surface area contributed by atoms with Gasteiger partial charge in [0.15, 0.2) is 0 Å². The van der Waals surface area contributed by atoms with E-state index in [1.54, 1.807) is 20.8 Å². The molecule has 7 heteroatoms. The molecule has 0 bridgehead atoms. The molecule has 0 aromatic carbocycles. The zero-order valence-electron chi connectivity index (χ0n) is 11.9. The van der Waals surface area contributed by atoms with E-state index >= 15 is 0 Å². The first kappa shape index (κ1) is 16.0. The number of aliphatic carboxylic acids is 1. The van der Waals surface area contributed by atoms with E-state index in [1.807, 2.05) is 0 Å². The van der Waals surface area contributed by atoms with Crippen LogP contribution in [0.3, 0.4) is 0 Å². The Balaban J connectivity index is 2.74. The Labute approximate surface area is 116 Å². The number of hydrogen-bond acceptors (Lipinski definition) is 5. The summed E-state index contributed by atoms with van der Waals surface area (Å²) in [6.07, 6.45) is 0.835. The fourth-order valence-corrected chi connectivity index (χ4v) is 1.90. The van der Waals surface area contributed by atoms with Crippen LogP contribution in [0.5, 0.6) is 0 Å². The molecule has 0 unspecified atom stereocenters. The van der Waals surface area contributed by atoms with E-state index in [0.717, 1.165) is 0 Å². The van der Waals surface area contributed by atoms with Gasteiger partial charge < -0.3 is 19.9 Å². The van der Waals surface area contributed by atoms with E-state index in [1.165, 1.54) is 13.2 Å². The number of alkyl carbamates (subject to hydrolysis) is 1.